The normalized spacial score (nSPS) is 12.9. The number of methoxy groups -OCH3 is 1. The maximum atomic E-state index is 12.8. The molecule has 0 aliphatic heterocycles. The first-order valence-electron chi connectivity index (χ1n) is 9.74. The summed E-state index contributed by atoms with van der Waals surface area (Å²) in [5.41, 5.74) is 2.77. The van der Waals surface area contributed by atoms with Crippen molar-refractivity contribution in [3.8, 4) is 11.4 Å². The fourth-order valence-corrected chi connectivity index (χ4v) is 3.31. The first-order chi connectivity index (χ1) is 14.1. The van der Waals surface area contributed by atoms with Crippen LogP contribution in [-0.2, 0) is 9.59 Å². The Bertz CT molecular complexity index is 948. The molecule has 0 fully saturated rings. The van der Waals surface area contributed by atoms with Gasteiger partial charge in [0.1, 0.15) is 17.8 Å². The van der Waals surface area contributed by atoms with Gasteiger partial charge in [-0.1, -0.05) is 26.0 Å². The molecule has 2 unspecified atom stereocenters. The highest BCUT2D eigenvalue weighted by Gasteiger charge is 2.27. The third-order valence-electron chi connectivity index (χ3n) is 4.97. The first-order valence-corrected chi connectivity index (χ1v) is 9.74. The van der Waals surface area contributed by atoms with E-state index in [-0.39, 0.29) is 5.92 Å². The summed E-state index contributed by atoms with van der Waals surface area (Å²) in [6, 6.07) is 7.32. The largest absolute Gasteiger partial charge is 0.495 e. The van der Waals surface area contributed by atoms with Gasteiger partial charge in [-0.25, -0.2) is 4.79 Å². The van der Waals surface area contributed by atoms with Crippen LogP contribution >= 0.6 is 0 Å². The van der Waals surface area contributed by atoms with Crippen molar-refractivity contribution in [1.82, 2.24) is 15.2 Å². The number of aryl methyl sites for hydroxylation is 1. The van der Waals surface area contributed by atoms with E-state index in [1.165, 1.54) is 6.92 Å². The van der Waals surface area contributed by atoms with E-state index in [1.807, 2.05) is 42.7 Å². The molecule has 1 aromatic carbocycles. The van der Waals surface area contributed by atoms with Gasteiger partial charge in [0.25, 0.3) is 5.91 Å². The Kier molecular flexibility index (Phi) is 7.26. The zero-order valence-corrected chi connectivity index (χ0v) is 18.1. The molecule has 8 heteroatoms. The highest BCUT2D eigenvalue weighted by molar-refractivity contribution is 5.99. The number of aliphatic carboxylic acids is 1. The summed E-state index contributed by atoms with van der Waals surface area (Å²) in [6.07, 6.45) is 0. The quantitative estimate of drug-likeness (QED) is 0.614. The number of rotatable bonds is 8. The zero-order valence-electron chi connectivity index (χ0n) is 18.1. The summed E-state index contributed by atoms with van der Waals surface area (Å²) in [5, 5.41) is 14.4. The van der Waals surface area contributed by atoms with E-state index < -0.39 is 29.9 Å². The second-order valence-electron chi connectivity index (χ2n) is 7.56. The van der Waals surface area contributed by atoms with Crippen LogP contribution in [0.5, 0.6) is 5.75 Å². The van der Waals surface area contributed by atoms with Crippen LogP contribution in [0.2, 0.25) is 0 Å². The summed E-state index contributed by atoms with van der Waals surface area (Å²) in [7, 11) is 1.59. The van der Waals surface area contributed by atoms with E-state index in [1.54, 1.807) is 27.0 Å². The van der Waals surface area contributed by atoms with Crippen molar-refractivity contribution in [2.24, 2.45) is 5.92 Å². The molecular weight excluding hydrogens is 386 g/mol. The van der Waals surface area contributed by atoms with Crippen molar-refractivity contribution in [2.75, 3.05) is 7.11 Å². The molecule has 1 aromatic heterocycles. The average Bonchev–Trinajstić information content (AvgIpc) is 2.99. The van der Waals surface area contributed by atoms with Crippen molar-refractivity contribution < 1.29 is 24.2 Å². The number of hydrogen-bond acceptors (Lipinski definition) is 4. The Hall–Kier alpha value is -3.29. The molecule has 2 rings (SSSR count). The lowest BCUT2D eigenvalue weighted by Gasteiger charge is -2.21. The number of aromatic nitrogens is 1. The summed E-state index contributed by atoms with van der Waals surface area (Å²) >= 11 is 0. The van der Waals surface area contributed by atoms with E-state index in [0.29, 0.717) is 17.0 Å². The molecule has 0 saturated carbocycles. The van der Waals surface area contributed by atoms with Crippen LogP contribution in [0.4, 0.5) is 0 Å². The van der Waals surface area contributed by atoms with Gasteiger partial charge >= 0.3 is 5.97 Å². The lowest BCUT2D eigenvalue weighted by Crippen LogP contribution is -2.52. The molecule has 0 saturated heterocycles. The Morgan fingerprint density at radius 1 is 1.07 bits per heavy atom. The van der Waals surface area contributed by atoms with Crippen molar-refractivity contribution in [1.29, 1.82) is 0 Å². The Labute approximate surface area is 176 Å². The van der Waals surface area contributed by atoms with Gasteiger partial charge in [0.15, 0.2) is 0 Å². The number of carboxylic acid groups (broad SMARTS) is 1. The third-order valence-corrected chi connectivity index (χ3v) is 4.97. The minimum atomic E-state index is -1.11. The van der Waals surface area contributed by atoms with Crippen LogP contribution in [-0.4, -0.2) is 46.7 Å². The number of para-hydroxylation sites is 2. The second-order valence-corrected chi connectivity index (χ2v) is 7.56. The number of amides is 2. The Balaban J connectivity index is 2.22. The minimum Gasteiger partial charge on any atom is -0.495 e. The second kappa shape index (κ2) is 9.47. The van der Waals surface area contributed by atoms with Gasteiger partial charge < -0.3 is 25.0 Å². The van der Waals surface area contributed by atoms with Crippen LogP contribution < -0.4 is 15.4 Å². The van der Waals surface area contributed by atoms with Crippen LogP contribution in [0.25, 0.3) is 5.69 Å². The van der Waals surface area contributed by atoms with Crippen LogP contribution in [0.15, 0.2) is 30.3 Å². The van der Waals surface area contributed by atoms with E-state index in [2.05, 4.69) is 10.6 Å². The molecule has 30 heavy (non-hydrogen) atoms. The fraction of sp³-hybridized carbons (Fsp3) is 0.409. The van der Waals surface area contributed by atoms with E-state index in [9.17, 15) is 19.5 Å². The van der Waals surface area contributed by atoms with Crippen molar-refractivity contribution >= 4 is 17.8 Å². The van der Waals surface area contributed by atoms with E-state index in [0.717, 1.165) is 11.4 Å². The lowest BCUT2D eigenvalue weighted by molar-refractivity contribution is -0.143. The average molecular weight is 415 g/mol. The number of carbonyl (C=O) groups excluding carboxylic acids is 2. The van der Waals surface area contributed by atoms with Gasteiger partial charge in [0.05, 0.1) is 18.4 Å². The molecule has 8 nitrogen and oxygen atoms in total. The number of carbonyl (C=O) groups is 3. The molecule has 0 bridgehead atoms. The highest BCUT2D eigenvalue weighted by atomic mass is 16.5. The lowest BCUT2D eigenvalue weighted by atomic mass is 10.0. The van der Waals surface area contributed by atoms with Gasteiger partial charge in [0, 0.05) is 11.4 Å². The molecule has 3 N–H and O–H groups in total. The van der Waals surface area contributed by atoms with E-state index in [4.69, 9.17) is 4.74 Å². The van der Waals surface area contributed by atoms with E-state index >= 15 is 0 Å². The molecule has 2 amide bonds. The molecule has 2 atom stereocenters. The predicted molar refractivity (Wildman–Crippen MR) is 113 cm³/mol. The maximum Gasteiger partial charge on any atom is 0.326 e. The number of hydrogen-bond donors (Lipinski definition) is 3. The summed E-state index contributed by atoms with van der Waals surface area (Å²) in [4.78, 5) is 36.5. The van der Waals surface area contributed by atoms with Crippen molar-refractivity contribution in [3.63, 3.8) is 0 Å². The predicted octanol–water partition coefficient (Wildman–Crippen LogP) is 2.45. The van der Waals surface area contributed by atoms with Crippen molar-refractivity contribution in [2.45, 2.75) is 46.7 Å². The monoisotopic (exact) mass is 415 g/mol. The minimum absolute atomic E-state index is 0.283. The third kappa shape index (κ3) is 4.82. The van der Waals surface area contributed by atoms with Crippen LogP contribution in [0.3, 0.4) is 0 Å². The maximum absolute atomic E-state index is 12.8. The molecule has 0 aliphatic rings. The van der Waals surface area contributed by atoms with Crippen molar-refractivity contribution in [3.05, 3.63) is 47.3 Å². The Morgan fingerprint density at radius 3 is 2.27 bits per heavy atom. The molecular formula is C22H29N3O5. The summed E-state index contributed by atoms with van der Waals surface area (Å²) < 4.78 is 7.34. The van der Waals surface area contributed by atoms with Gasteiger partial charge in [-0.2, -0.15) is 0 Å². The highest BCUT2D eigenvalue weighted by Crippen LogP contribution is 2.27. The summed E-state index contributed by atoms with van der Waals surface area (Å²) in [5.74, 6) is -1.69. The molecule has 162 valence electrons. The number of nitrogens with one attached hydrogen (secondary N) is 2. The van der Waals surface area contributed by atoms with Gasteiger partial charge in [-0.05, 0) is 44.9 Å². The van der Waals surface area contributed by atoms with Gasteiger partial charge in [-0.15, -0.1) is 0 Å². The first kappa shape index (κ1) is 23.0. The number of benzene rings is 1. The number of nitrogens with zero attached hydrogens (tertiary/aromatic N) is 1. The molecule has 0 radical (unpaired) electrons. The van der Waals surface area contributed by atoms with Crippen LogP contribution in [0.1, 0.15) is 42.5 Å². The fourth-order valence-electron chi connectivity index (χ4n) is 3.31. The topological polar surface area (TPSA) is 110 Å². The molecule has 2 aromatic rings. The number of carboxylic acids is 1. The Morgan fingerprint density at radius 2 is 1.70 bits per heavy atom. The number of ether oxygens (including phenoxy) is 1. The standard InChI is InChI=1S/C22H29N3O5/c1-12(2)19(22(28)29)24-20(26)14(4)23-21(27)16-11-13(3)25(15(16)5)17-9-7-8-10-18(17)30-6/h7-12,14,19H,1-6H3,(H,23,27)(H,24,26)(H,28,29). The summed E-state index contributed by atoms with van der Waals surface area (Å²) in [6.45, 7) is 8.63. The smallest absolute Gasteiger partial charge is 0.326 e. The SMILES string of the molecule is COc1ccccc1-n1c(C)cc(C(=O)NC(C)C(=O)NC(C(=O)O)C(C)C)c1C. The van der Waals surface area contributed by atoms with Gasteiger partial charge in [0.2, 0.25) is 5.91 Å². The molecule has 0 spiro atoms. The molecule has 0 aliphatic carbocycles. The molecule has 1 heterocycles. The zero-order chi connectivity index (χ0) is 22.6. The van der Waals surface area contributed by atoms with Crippen LogP contribution in [0, 0.1) is 19.8 Å². The van der Waals surface area contributed by atoms with Gasteiger partial charge in [-0.3, -0.25) is 9.59 Å².